The number of methoxy groups -OCH3 is 2. The van der Waals surface area contributed by atoms with Crippen molar-refractivity contribution in [3.05, 3.63) is 126 Å². The van der Waals surface area contributed by atoms with Crippen molar-refractivity contribution >= 4 is 34.7 Å². The van der Waals surface area contributed by atoms with E-state index in [1.54, 1.807) is 41.3 Å². The van der Waals surface area contributed by atoms with E-state index < -0.39 is 29.9 Å². The highest BCUT2D eigenvalue weighted by Gasteiger charge is 2.58. The van der Waals surface area contributed by atoms with Crippen LogP contribution < -0.4 is 14.6 Å². The zero-order chi connectivity index (χ0) is 30.1. The average Bonchev–Trinajstić information content (AvgIpc) is 3.45. The van der Waals surface area contributed by atoms with Gasteiger partial charge in [0.05, 0.1) is 31.7 Å². The minimum absolute atomic E-state index is 0.130. The van der Waals surface area contributed by atoms with Crippen LogP contribution in [0.5, 0.6) is 5.75 Å². The van der Waals surface area contributed by atoms with Gasteiger partial charge < -0.3 is 14.4 Å². The van der Waals surface area contributed by atoms with Gasteiger partial charge in [-0.1, -0.05) is 78.4 Å². The lowest BCUT2D eigenvalue weighted by molar-refractivity contribution is -0.135. The van der Waals surface area contributed by atoms with Gasteiger partial charge >= 0.3 is 5.97 Å². The van der Waals surface area contributed by atoms with Crippen LogP contribution in [0.2, 0.25) is 0 Å². The van der Waals surface area contributed by atoms with E-state index in [0.717, 1.165) is 16.7 Å². The van der Waals surface area contributed by atoms with Crippen LogP contribution in [-0.4, -0.2) is 49.7 Å². The molecule has 8 heteroatoms. The molecule has 0 aromatic heterocycles. The molecule has 2 aliphatic heterocycles. The molecule has 0 radical (unpaired) electrons. The third-order valence-corrected chi connectivity index (χ3v) is 8.13. The van der Waals surface area contributed by atoms with E-state index in [0.29, 0.717) is 17.1 Å². The molecule has 0 spiro atoms. The molecule has 1 fully saturated rings. The second-order valence-electron chi connectivity index (χ2n) is 10.6. The zero-order valence-corrected chi connectivity index (χ0v) is 24.1. The average molecular weight is 574 g/mol. The van der Waals surface area contributed by atoms with Crippen molar-refractivity contribution in [2.75, 3.05) is 24.1 Å². The number of amides is 1. The van der Waals surface area contributed by atoms with Gasteiger partial charge in [0, 0.05) is 5.69 Å². The summed E-state index contributed by atoms with van der Waals surface area (Å²) >= 11 is 0. The van der Waals surface area contributed by atoms with Crippen LogP contribution in [0.25, 0.3) is 0 Å². The minimum Gasteiger partial charge on any atom is -0.497 e. The molecule has 4 atom stereocenters. The van der Waals surface area contributed by atoms with Crippen LogP contribution in [0.4, 0.5) is 11.4 Å². The molecule has 1 amide bonds. The number of hydrazone groups is 1. The lowest BCUT2D eigenvalue weighted by atomic mass is 9.74. The summed E-state index contributed by atoms with van der Waals surface area (Å²) in [5, 5.41) is 6.35. The van der Waals surface area contributed by atoms with E-state index in [2.05, 4.69) is 0 Å². The molecule has 6 rings (SSSR count). The monoisotopic (exact) mass is 573 g/mol. The number of ether oxygens (including phenoxy) is 2. The third kappa shape index (κ3) is 4.95. The first-order chi connectivity index (χ1) is 20.9. The predicted molar refractivity (Wildman–Crippen MR) is 165 cm³/mol. The maximum Gasteiger partial charge on any atom is 0.354 e. The van der Waals surface area contributed by atoms with Crippen molar-refractivity contribution in [1.29, 1.82) is 0 Å². The van der Waals surface area contributed by atoms with Gasteiger partial charge in [0.2, 0.25) is 5.91 Å². The highest BCUT2D eigenvalue weighted by atomic mass is 16.5. The van der Waals surface area contributed by atoms with Crippen LogP contribution in [0.15, 0.2) is 114 Å². The summed E-state index contributed by atoms with van der Waals surface area (Å²) in [6, 6.07) is 31.6. The smallest absolute Gasteiger partial charge is 0.354 e. The largest absolute Gasteiger partial charge is 0.497 e. The first-order valence-electron chi connectivity index (χ1n) is 14.1. The van der Waals surface area contributed by atoms with Gasteiger partial charge in [-0.2, -0.15) is 5.10 Å². The highest BCUT2D eigenvalue weighted by Crippen LogP contribution is 2.44. The van der Waals surface area contributed by atoms with Crippen molar-refractivity contribution in [2.24, 2.45) is 5.10 Å². The number of hydrogen-bond acceptors (Lipinski definition) is 7. The van der Waals surface area contributed by atoms with Gasteiger partial charge in [-0.15, -0.1) is 0 Å². The topological polar surface area (TPSA) is 88.5 Å². The number of Topliss-reactive ketones (excluding diaryl/α,β-unsaturated/α-hetero) is 1. The third-order valence-electron chi connectivity index (χ3n) is 8.13. The maximum atomic E-state index is 15.1. The molecule has 4 aromatic carbocycles. The second kappa shape index (κ2) is 11.6. The summed E-state index contributed by atoms with van der Waals surface area (Å²) in [5.41, 5.74) is 3.91. The Morgan fingerprint density at radius 2 is 1.26 bits per heavy atom. The fourth-order valence-corrected chi connectivity index (χ4v) is 5.98. The Balaban J connectivity index is 1.50. The molecule has 2 heterocycles. The number of benzene rings is 4. The van der Waals surface area contributed by atoms with Crippen LogP contribution in [0, 0.1) is 6.92 Å². The van der Waals surface area contributed by atoms with E-state index in [1.807, 2.05) is 91.9 Å². The molecule has 216 valence electrons. The van der Waals surface area contributed by atoms with Crippen LogP contribution in [0.3, 0.4) is 0 Å². The van der Waals surface area contributed by atoms with Crippen LogP contribution >= 0.6 is 0 Å². The Morgan fingerprint density at radius 3 is 1.81 bits per heavy atom. The first kappa shape index (κ1) is 27.9. The number of carbonyl (C=O) groups excluding carboxylic acids is 3. The van der Waals surface area contributed by atoms with Gasteiger partial charge in [0.15, 0.2) is 11.5 Å². The summed E-state index contributed by atoms with van der Waals surface area (Å²) in [7, 11) is 2.88. The van der Waals surface area contributed by atoms with Gasteiger partial charge in [-0.25, -0.2) is 4.79 Å². The summed E-state index contributed by atoms with van der Waals surface area (Å²) in [4.78, 5) is 43.6. The van der Waals surface area contributed by atoms with Crippen LogP contribution in [0.1, 0.15) is 28.5 Å². The van der Waals surface area contributed by atoms with Crippen molar-refractivity contribution in [3.63, 3.8) is 0 Å². The normalized spacial score (nSPS) is 21.2. The van der Waals surface area contributed by atoms with Gasteiger partial charge in [-0.3, -0.25) is 14.6 Å². The number of anilines is 2. The molecular weight excluding hydrogens is 542 g/mol. The van der Waals surface area contributed by atoms with Crippen LogP contribution in [-0.2, 0) is 19.1 Å². The number of nitrogens with zero attached hydrogens (tertiary/aromatic N) is 3. The molecule has 0 saturated carbocycles. The quantitative estimate of drug-likeness (QED) is 0.211. The Bertz CT molecular complexity index is 1670. The number of aryl methyl sites for hydroxylation is 1. The summed E-state index contributed by atoms with van der Waals surface area (Å²) in [5.74, 6) is -1.82. The lowest BCUT2D eigenvalue weighted by Crippen LogP contribution is -2.66. The molecule has 2 aliphatic rings. The van der Waals surface area contributed by atoms with Crippen molar-refractivity contribution in [1.82, 2.24) is 0 Å². The molecule has 0 N–H and O–H groups in total. The molecule has 4 aromatic rings. The standard InChI is InChI=1S/C35H31N3O5/c1-22-14-16-26(17-15-22)38-32(28(23-10-6-4-7-11-23)30(36-38)35(41)43-3)33(39)31-29(24-12-8-5-9-13-24)34(40)37(31)25-18-20-27(42-2)21-19-25/h4-21,28-29,31-32H,1-3H3/t28-,29+,31+,32-/m0/s1. The zero-order valence-electron chi connectivity index (χ0n) is 24.1. The fraction of sp³-hybridized carbons (Fsp3) is 0.200. The Labute approximate surface area is 250 Å². The molecule has 8 nitrogen and oxygen atoms in total. The second-order valence-corrected chi connectivity index (χ2v) is 10.6. The van der Waals surface area contributed by atoms with E-state index >= 15 is 4.79 Å². The summed E-state index contributed by atoms with van der Waals surface area (Å²) in [6.45, 7) is 1.98. The number of esters is 1. The van der Waals surface area contributed by atoms with Crippen molar-refractivity contribution in [3.8, 4) is 5.75 Å². The molecule has 1 saturated heterocycles. The molecular formula is C35H31N3O5. The highest BCUT2D eigenvalue weighted by molar-refractivity contribution is 6.41. The Morgan fingerprint density at radius 1 is 0.698 bits per heavy atom. The predicted octanol–water partition coefficient (Wildman–Crippen LogP) is 5.27. The van der Waals surface area contributed by atoms with E-state index in [9.17, 15) is 9.59 Å². The van der Waals surface area contributed by atoms with Gasteiger partial charge in [-0.05, 0) is 54.4 Å². The summed E-state index contributed by atoms with van der Waals surface area (Å²) < 4.78 is 10.5. The van der Waals surface area contributed by atoms with E-state index in [1.165, 1.54) is 7.11 Å². The number of rotatable bonds is 8. The van der Waals surface area contributed by atoms with E-state index in [4.69, 9.17) is 14.6 Å². The Hall–Kier alpha value is -5.24. The number of ketones is 1. The minimum atomic E-state index is -0.927. The SMILES string of the molecule is COC(=O)C1=NN(c2ccc(C)cc2)[C@H](C(=O)[C@H]2[C@@H](c3ccccc3)C(=O)N2c2ccc(OC)cc2)[C@H]1c1ccccc1. The molecule has 0 bridgehead atoms. The Kier molecular flexibility index (Phi) is 7.50. The lowest BCUT2D eigenvalue weighted by Gasteiger charge is -2.48. The van der Waals surface area contributed by atoms with Crippen molar-refractivity contribution in [2.45, 2.75) is 30.8 Å². The molecule has 43 heavy (non-hydrogen) atoms. The van der Waals surface area contributed by atoms with Crippen molar-refractivity contribution < 1.29 is 23.9 Å². The molecule has 0 aliphatic carbocycles. The van der Waals surface area contributed by atoms with E-state index in [-0.39, 0.29) is 17.4 Å². The maximum absolute atomic E-state index is 15.1. The summed E-state index contributed by atoms with van der Waals surface area (Å²) in [6.07, 6.45) is 0. The first-order valence-corrected chi connectivity index (χ1v) is 14.1. The fourth-order valence-electron chi connectivity index (χ4n) is 5.98. The number of carbonyl (C=O) groups is 3. The number of hydrogen-bond donors (Lipinski definition) is 0. The number of β-lactam (4-membered cyclic amide) rings is 1. The van der Waals surface area contributed by atoms with Gasteiger partial charge in [0.25, 0.3) is 0 Å². The molecule has 0 unspecified atom stereocenters. The van der Waals surface area contributed by atoms with Gasteiger partial charge in [0.1, 0.15) is 17.8 Å².